The summed E-state index contributed by atoms with van der Waals surface area (Å²) in [6.45, 7) is 0.861. The number of thiophene rings is 1. The molecule has 2 aliphatic rings. The number of fused-ring (bicyclic) bond motifs is 2. The van der Waals surface area contributed by atoms with Gasteiger partial charge in [0.25, 0.3) is 0 Å². The van der Waals surface area contributed by atoms with Crippen molar-refractivity contribution in [2.45, 2.75) is 37.8 Å². The van der Waals surface area contributed by atoms with Crippen molar-refractivity contribution in [3.8, 4) is 0 Å². The van der Waals surface area contributed by atoms with Gasteiger partial charge in [-0.3, -0.25) is 0 Å². The minimum atomic E-state index is 0.379. The second-order valence-corrected chi connectivity index (χ2v) is 8.02. The third kappa shape index (κ3) is 3.58. The van der Waals surface area contributed by atoms with Crippen molar-refractivity contribution in [3.05, 3.63) is 22.4 Å². The van der Waals surface area contributed by atoms with Crippen molar-refractivity contribution in [3.63, 3.8) is 0 Å². The molecule has 3 nitrogen and oxygen atoms in total. The summed E-state index contributed by atoms with van der Waals surface area (Å²) in [6.07, 6.45) is 5.55. The van der Waals surface area contributed by atoms with Gasteiger partial charge in [0.2, 0.25) is 0 Å². The Morgan fingerprint density at radius 2 is 2.29 bits per heavy atom. The lowest BCUT2D eigenvalue weighted by molar-refractivity contribution is 0.302. The molecule has 5 heteroatoms. The van der Waals surface area contributed by atoms with Crippen molar-refractivity contribution in [2.75, 3.05) is 20.6 Å². The van der Waals surface area contributed by atoms with E-state index in [1.165, 1.54) is 30.6 Å². The normalized spacial score (nSPS) is 28.8. The van der Waals surface area contributed by atoms with Crippen LogP contribution in [-0.2, 0) is 0 Å². The van der Waals surface area contributed by atoms with Gasteiger partial charge in [0.1, 0.15) is 0 Å². The van der Waals surface area contributed by atoms with Gasteiger partial charge in [-0.05, 0) is 68.9 Å². The molecule has 0 radical (unpaired) electrons. The standard InChI is InChI=1S/C16H25N3S2/c1-19(2)14(15-4-3-7-21-15)10-17-16(20)18-13-9-11-5-6-12(13)8-11/h3-4,7,11-14H,5-6,8-10H2,1-2H3,(H2,17,18,20)/t11-,12-,13+,14+/m1/s1. The smallest absolute Gasteiger partial charge is 0.166 e. The monoisotopic (exact) mass is 323 g/mol. The van der Waals surface area contributed by atoms with E-state index in [4.69, 9.17) is 12.2 Å². The van der Waals surface area contributed by atoms with Gasteiger partial charge in [0.15, 0.2) is 5.11 Å². The van der Waals surface area contributed by atoms with Crippen LogP contribution in [0.5, 0.6) is 0 Å². The molecule has 0 saturated heterocycles. The van der Waals surface area contributed by atoms with Crippen LogP contribution in [0.1, 0.15) is 36.6 Å². The molecule has 2 saturated carbocycles. The van der Waals surface area contributed by atoms with Gasteiger partial charge in [0, 0.05) is 17.5 Å². The fourth-order valence-electron chi connectivity index (χ4n) is 3.85. The van der Waals surface area contributed by atoms with E-state index in [1.807, 2.05) is 11.3 Å². The molecule has 1 heterocycles. The second-order valence-electron chi connectivity index (χ2n) is 6.63. The fourth-order valence-corrected chi connectivity index (χ4v) is 5.01. The van der Waals surface area contributed by atoms with Gasteiger partial charge in [-0.25, -0.2) is 0 Å². The molecule has 21 heavy (non-hydrogen) atoms. The third-order valence-corrected chi connectivity index (χ3v) is 6.24. The molecule has 2 aliphatic carbocycles. The number of nitrogens with zero attached hydrogens (tertiary/aromatic N) is 1. The van der Waals surface area contributed by atoms with E-state index in [9.17, 15) is 0 Å². The van der Waals surface area contributed by atoms with Crippen LogP contribution in [-0.4, -0.2) is 36.7 Å². The van der Waals surface area contributed by atoms with Crippen molar-refractivity contribution in [1.82, 2.24) is 15.5 Å². The SMILES string of the molecule is CN(C)[C@@H](CNC(=S)N[C@H]1C[C@@H]2CC[C@@H]1C2)c1cccs1. The van der Waals surface area contributed by atoms with E-state index < -0.39 is 0 Å². The minimum absolute atomic E-state index is 0.379. The van der Waals surface area contributed by atoms with E-state index in [0.29, 0.717) is 12.1 Å². The molecule has 0 spiro atoms. The molecule has 4 atom stereocenters. The predicted octanol–water partition coefficient (Wildman–Crippen LogP) is 3.00. The molecule has 0 amide bonds. The summed E-state index contributed by atoms with van der Waals surface area (Å²) < 4.78 is 0. The molecule has 116 valence electrons. The summed E-state index contributed by atoms with van der Waals surface area (Å²) in [7, 11) is 4.25. The molecule has 2 bridgehead atoms. The lowest BCUT2D eigenvalue weighted by atomic mass is 9.96. The van der Waals surface area contributed by atoms with Crippen LogP contribution in [0.15, 0.2) is 17.5 Å². The fraction of sp³-hybridized carbons (Fsp3) is 0.688. The zero-order valence-corrected chi connectivity index (χ0v) is 14.5. The first-order valence-electron chi connectivity index (χ1n) is 7.87. The summed E-state index contributed by atoms with van der Waals surface area (Å²) >= 11 is 7.31. The van der Waals surface area contributed by atoms with E-state index in [0.717, 1.165) is 23.5 Å². The largest absolute Gasteiger partial charge is 0.361 e. The number of hydrogen-bond donors (Lipinski definition) is 2. The molecule has 1 aromatic rings. The number of nitrogens with one attached hydrogen (secondary N) is 2. The van der Waals surface area contributed by atoms with Gasteiger partial charge in [-0.1, -0.05) is 12.5 Å². The highest BCUT2D eigenvalue weighted by atomic mass is 32.1. The lowest BCUT2D eigenvalue weighted by Gasteiger charge is -2.27. The first kappa shape index (κ1) is 15.3. The van der Waals surface area contributed by atoms with Crippen LogP contribution in [0.2, 0.25) is 0 Å². The Kier molecular flexibility index (Phi) is 4.82. The highest BCUT2D eigenvalue weighted by molar-refractivity contribution is 7.80. The maximum Gasteiger partial charge on any atom is 0.166 e. The van der Waals surface area contributed by atoms with Crippen molar-refractivity contribution in [2.24, 2.45) is 11.8 Å². The van der Waals surface area contributed by atoms with Gasteiger partial charge < -0.3 is 15.5 Å². The zero-order valence-electron chi connectivity index (χ0n) is 12.8. The maximum absolute atomic E-state index is 5.50. The Balaban J connectivity index is 1.48. The van der Waals surface area contributed by atoms with Gasteiger partial charge in [-0.2, -0.15) is 0 Å². The average Bonchev–Trinajstić information content (AvgIpc) is 3.15. The number of thiocarbonyl (C=S) groups is 1. The summed E-state index contributed by atoms with van der Waals surface area (Å²) in [5.41, 5.74) is 0. The topological polar surface area (TPSA) is 27.3 Å². The summed E-state index contributed by atoms with van der Waals surface area (Å²) in [5.74, 6) is 1.81. The lowest BCUT2D eigenvalue weighted by Crippen LogP contribution is -2.46. The predicted molar refractivity (Wildman–Crippen MR) is 93.7 cm³/mol. The Hall–Kier alpha value is -0.650. The molecular formula is C16H25N3S2. The van der Waals surface area contributed by atoms with Crippen LogP contribution in [0.25, 0.3) is 0 Å². The highest BCUT2D eigenvalue weighted by Gasteiger charge is 2.39. The summed E-state index contributed by atoms with van der Waals surface area (Å²) in [5, 5.41) is 9.95. The molecule has 0 aromatic carbocycles. The van der Waals surface area contributed by atoms with Crippen LogP contribution in [0.3, 0.4) is 0 Å². The van der Waals surface area contributed by atoms with Gasteiger partial charge in [0.05, 0.1) is 6.04 Å². The molecule has 0 unspecified atom stereocenters. The quantitative estimate of drug-likeness (QED) is 0.815. The average molecular weight is 324 g/mol. The Morgan fingerprint density at radius 3 is 2.86 bits per heavy atom. The number of likely N-dealkylation sites (N-methyl/N-ethyl adjacent to an activating group) is 1. The van der Waals surface area contributed by atoms with Crippen molar-refractivity contribution < 1.29 is 0 Å². The van der Waals surface area contributed by atoms with Crippen LogP contribution >= 0.6 is 23.6 Å². The zero-order chi connectivity index (χ0) is 14.8. The van der Waals surface area contributed by atoms with E-state index in [1.54, 1.807) is 0 Å². The highest BCUT2D eigenvalue weighted by Crippen LogP contribution is 2.44. The number of hydrogen-bond acceptors (Lipinski definition) is 3. The minimum Gasteiger partial charge on any atom is -0.361 e. The van der Waals surface area contributed by atoms with Crippen LogP contribution < -0.4 is 10.6 Å². The third-order valence-electron chi connectivity index (χ3n) is 5.01. The Bertz CT molecular complexity index is 472. The van der Waals surface area contributed by atoms with E-state index >= 15 is 0 Å². The second kappa shape index (κ2) is 6.63. The number of rotatable bonds is 5. The molecule has 1 aromatic heterocycles. The molecular weight excluding hydrogens is 298 g/mol. The van der Waals surface area contributed by atoms with Crippen molar-refractivity contribution in [1.29, 1.82) is 0 Å². The maximum atomic E-state index is 5.50. The van der Waals surface area contributed by atoms with Gasteiger partial charge >= 0.3 is 0 Å². The summed E-state index contributed by atoms with van der Waals surface area (Å²) in [6, 6.07) is 5.30. The van der Waals surface area contributed by atoms with E-state index in [-0.39, 0.29) is 0 Å². The Labute approximate surface area is 137 Å². The van der Waals surface area contributed by atoms with Crippen LogP contribution in [0.4, 0.5) is 0 Å². The molecule has 0 aliphatic heterocycles. The van der Waals surface area contributed by atoms with Crippen molar-refractivity contribution >= 4 is 28.7 Å². The first-order valence-corrected chi connectivity index (χ1v) is 9.16. The molecule has 2 fully saturated rings. The Morgan fingerprint density at radius 1 is 1.43 bits per heavy atom. The summed E-state index contributed by atoms with van der Waals surface area (Å²) in [4.78, 5) is 3.63. The molecule has 3 rings (SSSR count). The van der Waals surface area contributed by atoms with Gasteiger partial charge in [-0.15, -0.1) is 11.3 Å². The van der Waals surface area contributed by atoms with E-state index in [2.05, 4.69) is 47.1 Å². The first-order chi connectivity index (χ1) is 10.1. The van der Waals surface area contributed by atoms with Crippen LogP contribution in [0, 0.1) is 11.8 Å². The molecule has 2 N–H and O–H groups in total.